The van der Waals surface area contributed by atoms with E-state index < -0.39 is 0 Å². The fraction of sp³-hybridized carbons (Fsp3) is 0.259. The Bertz CT molecular complexity index is 1040. The molecule has 0 unspecified atom stereocenters. The third-order valence-electron chi connectivity index (χ3n) is 4.88. The Labute approximate surface area is 223 Å². The van der Waals surface area contributed by atoms with Gasteiger partial charge in [-0.05, 0) is 43.2 Å². The molecular formula is C27H30Cl2N2ORu+. The molecule has 0 N–H and O–H groups in total. The van der Waals surface area contributed by atoms with Gasteiger partial charge in [-0.3, -0.25) is 0 Å². The number of benzene rings is 2. The molecule has 3 nitrogen and oxygen atoms in total. The number of rotatable bonds is 3. The van der Waals surface area contributed by atoms with Crippen molar-refractivity contribution in [2.45, 2.75) is 33.8 Å². The first kappa shape index (κ1) is 31.0. The van der Waals surface area contributed by atoms with Gasteiger partial charge in [-0.15, -0.1) is 6.08 Å². The van der Waals surface area contributed by atoms with E-state index in [1.165, 1.54) is 22.5 Å². The maximum Gasteiger partial charge on any atom is 2.00 e. The topological polar surface area (TPSA) is 17.6 Å². The largest absolute Gasteiger partial charge is 2.00 e. The van der Waals surface area contributed by atoms with E-state index in [-0.39, 0.29) is 50.4 Å². The first-order valence-electron chi connectivity index (χ1n) is 10.4. The van der Waals surface area contributed by atoms with E-state index in [1.54, 1.807) is 0 Å². The summed E-state index contributed by atoms with van der Waals surface area (Å²) in [6.45, 7) is 15.9. The second-order valence-electron chi connectivity index (χ2n) is 7.68. The molecule has 2 aromatic rings. The summed E-state index contributed by atoms with van der Waals surface area (Å²) in [5, 5.41) is 0. The van der Waals surface area contributed by atoms with E-state index in [9.17, 15) is 0 Å². The van der Waals surface area contributed by atoms with Gasteiger partial charge in [0.2, 0.25) is 5.78 Å². The van der Waals surface area contributed by atoms with Crippen LogP contribution in [0.1, 0.15) is 25.0 Å². The summed E-state index contributed by atoms with van der Waals surface area (Å²) in [4.78, 5) is 2.21. The Balaban J connectivity index is 0.000000640. The number of allylic oxidation sites excluding steroid dienone is 5. The summed E-state index contributed by atoms with van der Waals surface area (Å²) >= 11 is 0. The summed E-state index contributed by atoms with van der Waals surface area (Å²) in [5.41, 5.74) is 5.78. The molecule has 33 heavy (non-hydrogen) atoms. The van der Waals surface area contributed by atoms with Crippen LogP contribution in [0.4, 0.5) is 11.4 Å². The predicted octanol–water partition coefficient (Wildman–Crippen LogP) is -0.637. The van der Waals surface area contributed by atoms with Gasteiger partial charge in [0.15, 0.2) is 0 Å². The van der Waals surface area contributed by atoms with Gasteiger partial charge in [0.1, 0.15) is 24.5 Å². The van der Waals surface area contributed by atoms with Crippen molar-refractivity contribution in [3.63, 3.8) is 0 Å². The number of aryl methyl sites for hydroxylation is 2. The first-order valence-corrected chi connectivity index (χ1v) is 10.4. The van der Waals surface area contributed by atoms with Crippen molar-refractivity contribution in [3.05, 3.63) is 96.1 Å². The molecule has 0 amide bonds. The third kappa shape index (κ3) is 8.70. The van der Waals surface area contributed by atoms with E-state index >= 15 is 0 Å². The van der Waals surface area contributed by atoms with Crippen molar-refractivity contribution < 1.29 is 53.3 Å². The van der Waals surface area contributed by atoms with Crippen molar-refractivity contribution >= 4 is 23.5 Å². The van der Waals surface area contributed by atoms with Crippen molar-refractivity contribution in [1.82, 2.24) is 0 Å². The number of ketones is 1. The Hall–Kier alpha value is -2.00. The Morgan fingerprint density at radius 1 is 0.939 bits per heavy atom. The van der Waals surface area contributed by atoms with Gasteiger partial charge < -0.3 is 29.2 Å². The van der Waals surface area contributed by atoms with Gasteiger partial charge in [-0.1, -0.05) is 48.0 Å². The molecule has 175 valence electrons. The van der Waals surface area contributed by atoms with Gasteiger partial charge in [0.05, 0.1) is 0 Å². The molecule has 1 aliphatic heterocycles. The van der Waals surface area contributed by atoms with Crippen LogP contribution in [0.15, 0.2) is 78.4 Å². The number of carbonyl (C=O) groups excluding carboxylic acids is 1. The van der Waals surface area contributed by atoms with Gasteiger partial charge in [-0.2, -0.15) is 6.08 Å². The number of para-hydroxylation sites is 2. The van der Waals surface area contributed by atoms with Gasteiger partial charge in [-0.25, -0.2) is 16.1 Å². The monoisotopic (exact) mass is 570 g/mol. The molecule has 0 atom stereocenters. The van der Waals surface area contributed by atoms with Crippen LogP contribution >= 0.6 is 0 Å². The molecule has 0 saturated carbocycles. The molecular weight excluding hydrogens is 540 g/mol. The van der Waals surface area contributed by atoms with Crippen LogP contribution in [0.25, 0.3) is 0 Å². The number of hydrogen-bond acceptors (Lipinski definition) is 1. The van der Waals surface area contributed by atoms with Crippen LogP contribution in [-0.2, 0) is 23.9 Å². The van der Waals surface area contributed by atoms with E-state index in [0.717, 1.165) is 18.9 Å². The summed E-state index contributed by atoms with van der Waals surface area (Å²) in [5.74, 6) is 0.766. The molecule has 0 aromatic heterocycles. The summed E-state index contributed by atoms with van der Waals surface area (Å²) in [7, 11) is 0. The normalized spacial score (nSPS) is 15.2. The van der Waals surface area contributed by atoms with E-state index in [1.807, 2.05) is 38.2 Å². The number of nitrogens with zero attached hydrogens (tertiary/aromatic N) is 2. The standard InChI is InChI=1S/C17H18N2.C10H12O.2ClH.Ru/c1-14-7-3-5-9-16(14)18-11-12-19(13-18)17-10-6-4-8-15(17)2;1-8(2)11-10-7-5-4-6-9(10)3;;;/h3-10H,11-12H2,1-2H3;3-8H,1-2H3;2*1H;/q+1;;;;+2/p-2. The molecule has 0 bridgehead atoms. The second kappa shape index (κ2) is 15.0. The summed E-state index contributed by atoms with van der Waals surface area (Å²) < 4.78 is 7.63. The fourth-order valence-electron chi connectivity index (χ4n) is 3.37. The SMILES string of the molecule is Cc1ccccc1N1[C]=[N+](c2ccccc2C)CC1.[CH-]=C1C=CC=CC1=[O+]C(C)C.[Cl-].[Cl-].[Ru+2]. The van der Waals surface area contributed by atoms with E-state index in [2.05, 4.69) is 78.2 Å². The van der Waals surface area contributed by atoms with Crippen molar-refractivity contribution in [2.75, 3.05) is 18.0 Å². The van der Waals surface area contributed by atoms with Crippen LogP contribution in [-0.4, -0.2) is 35.9 Å². The van der Waals surface area contributed by atoms with Crippen molar-refractivity contribution in [3.8, 4) is 0 Å². The first-order chi connectivity index (χ1) is 14.5. The third-order valence-corrected chi connectivity index (χ3v) is 4.88. The fourth-order valence-corrected chi connectivity index (χ4v) is 3.37. The van der Waals surface area contributed by atoms with Gasteiger partial charge >= 0.3 is 25.8 Å². The number of anilines is 1. The van der Waals surface area contributed by atoms with Crippen LogP contribution < -0.4 is 29.7 Å². The van der Waals surface area contributed by atoms with Gasteiger partial charge in [0, 0.05) is 13.8 Å². The van der Waals surface area contributed by atoms with Crippen LogP contribution in [0.3, 0.4) is 0 Å². The minimum Gasteiger partial charge on any atom is -1.00 e. The molecule has 6 heteroatoms. The minimum absolute atomic E-state index is 0. The summed E-state index contributed by atoms with van der Waals surface area (Å²) in [6.07, 6.45) is 11.2. The smallest absolute Gasteiger partial charge is 1.00 e. The Morgan fingerprint density at radius 3 is 2.15 bits per heavy atom. The molecule has 0 saturated heterocycles. The average molecular weight is 571 g/mol. The maximum absolute atomic E-state index is 5.64. The molecule has 1 heterocycles. The zero-order valence-corrected chi connectivity index (χ0v) is 22.7. The number of hydrogen-bond donors (Lipinski definition) is 0. The maximum atomic E-state index is 5.64. The minimum atomic E-state index is 0. The molecule has 1 radical (unpaired) electrons. The molecule has 1 aliphatic carbocycles. The Kier molecular flexibility index (Phi) is 14.1. The zero-order chi connectivity index (χ0) is 21.5. The second-order valence-corrected chi connectivity index (χ2v) is 7.68. The van der Waals surface area contributed by atoms with Crippen LogP contribution in [0, 0.1) is 20.4 Å². The molecule has 2 aliphatic rings. The van der Waals surface area contributed by atoms with Crippen molar-refractivity contribution in [2.24, 2.45) is 0 Å². The predicted molar refractivity (Wildman–Crippen MR) is 126 cm³/mol. The quantitative estimate of drug-likeness (QED) is 0.158. The van der Waals surface area contributed by atoms with Crippen LogP contribution in [0.5, 0.6) is 0 Å². The zero-order valence-electron chi connectivity index (χ0n) is 19.4. The van der Waals surface area contributed by atoms with E-state index in [0.29, 0.717) is 5.57 Å². The molecule has 4 rings (SSSR count). The molecule has 0 fully saturated rings. The number of halogens is 2. The van der Waals surface area contributed by atoms with E-state index in [4.69, 9.17) is 11.0 Å². The van der Waals surface area contributed by atoms with Gasteiger partial charge in [0.25, 0.3) is 6.10 Å². The van der Waals surface area contributed by atoms with Crippen LogP contribution in [0.2, 0.25) is 0 Å². The average Bonchev–Trinajstić information content (AvgIpc) is 3.20. The molecule has 0 spiro atoms. The summed E-state index contributed by atoms with van der Waals surface area (Å²) in [6, 6.07) is 16.9. The van der Waals surface area contributed by atoms with Crippen molar-refractivity contribution in [1.29, 1.82) is 0 Å². The Morgan fingerprint density at radius 2 is 1.55 bits per heavy atom. The molecule has 2 aromatic carbocycles.